The molecule has 0 radical (unpaired) electrons. The number of benzene rings is 2. The van der Waals surface area contributed by atoms with Crippen LogP contribution in [0.1, 0.15) is 0 Å². The first-order valence-corrected chi connectivity index (χ1v) is 9.11. The van der Waals surface area contributed by atoms with Crippen LogP contribution in [0.5, 0.6) is 0 Å². The molecule has 0 aliphatic rings. The predicted molar refractivity (Wildman–Crippen MR) is 80.0 cm³/mol. The Kier molecular flexibility index (Phi) is 4.43. The van der Waals surface area contributed by atoms with Gasteiger partial charge in [-0.05, 0) is 42.5 Å². The fourth-order valence-corrected chi connectivity index (χ4v) is 3.33. The van der Waals surface area contributed by atoms with Crippen molar-refractivity contribution in [1.29, 1.82) is 0 Å². The average molecular weight is 365 g/mol. The van der Waals surface area contributed by atoms with E-state index in [1.54, 1.807) is 0 Å². The fraction of sp³-hybridized carbons (Fsp3) is 0. The zero-order valence-corrected chi connectivity index (χ0v) is 13.2. The number of halogens is 2. The molecular weight excluding hydrogens is 355 g/mol. The van der Waals surface area contributed by atoms with Crippen molar-refractivity contribution in [2.24, 2.45) is 5.14 Å². The van der Waals surface area contributed by atoms with Gasteiger partial charge in [0.25, 0.3) is 10.0 Å². The molecule has 2 aromatic carbocycles. The quantitative estimate of drug-likeness (QED) is 0.864. The van der Waals surface area contributed by atoms with Crippen molar-refractivity contribution >= 4 is 37.3 Å². The molecule has 0 unspecified atom stereocenters. The first-order chi connectivity index (χ1) is 10.1. The van der Waals surface area contributed by atoms with Crippen LogP contribution in [-0.4, -0.2) is 16.8 Å². The highest BCUT2D eigenvalue weighted by atomic mass is 35.5. The molecule has 6 nitrogen and oxygen atoms in total. The van der Waals surface area contributed by atoms with E-state index in [1.807, 2.05) is 4.72 Å². The molecule has 2 aromatic rings. The van der Waals surface area contributed by atoms with E-state index >= 15 is 0 Å². The van der Waals surface area contributed by atoms with Crippen LogP contribution in [0.3, 0.4) is 0 Å². The number of hydrogen-bond donors (Lipinski definition) is 2. The third-order valence-corrected chi connectivity index (χ3v) is 5.18. The van der Waals surface area contributed by atoms with Crippen LogP contribution in [0.4, 0.5) is 10.1 Å². The summed E-state index contributed by atoms with van der Waals surface area (Å²) in [7, 11) is -8.00. The number of nitrogens with one attached hydrogen (secondary N) is 1. The van der Waals surface area contributed by atoms with Gasteiger partial charge in [0.2, 0.25) is 10.0 Å². The van der Waals surface area contributed by atoms with E-state index in [0.717, 1.165) is 30.3 Å². The van der Waals surface area contributed by atoms with Crippen molar-refractivity contribution in [3.05, 3.63) is 53.3 Å². The lowest BCUT2D eigenvalue weighted by atomic mass is 10.3. The monoisotopic (exact) mass is 364 g/mol. The van der Waals surface area contributed by atoms with Gasteiger partial charge in [0.15, 0.2) is 0 Å². The van der Waals surface area contributed by atoms with Crippen molar-refractivity contribution in [3.63, 3.8) is 0 Å². The maximum atomic E-state index is 13.6. The summed E-state index contributed by atoms with van der Waals surface area (Å²) in [4.78, 5) is -0.474. The van der Waals surface area contributed by atoms with Crippen molar-refractivity contribution in [1.82, 2.24) is 0 Å². The highest BCUT2D eigenvalue weighted by Crippen LogP contribution is 2.22. The molecular formula is C12H10ClFN2O4S2. The van der Waals surface area contributed by atoms with Crippen LogP contribution < -0.4 is 9.86 Å². The van der Waals surface area contributed by atoms with Crippen molar-refractivity contribution < 1.29 is 21.2 Å². The molecule has 0 aliphatic heterocycles. The number of primary sulfonamides is 1. The van der Waals surface area contributed by atoms with E-state index in [2.05, 4.69) is 0 Å². The summed E-state index contributed by atoms with van der Waals surface area (Å²) in [5, 5.41) is 5.04. The minimum absolute atomic E-state index is 0.123. The van der Waals surface area contributed by atoms with Crippen LogP contribution in [-0.2, 0) is 20.0 Å². The van der Waals surface area contributed by atoms with Gasteiger partial charge in [-0.15, -0.1) is 0 Å². The van der Waals surface area contributed by atoms with Gasteiger partial charge in [0, 0.05) is 5.02 Å². The van der Waals surface area contributed by atoms with Gasteiger partial charge in [-0.2, -0.15) is 0 Å². The highest BCUT2D eigenvalue weighted by Gasteiger charge is 2.17. The Hall–Kier alpha value is -1.68. The molecule has 118 valence electrons. The standard InChI is InChI=1S/C12H10ClFN2O4S2/c13-8-1-6-12(11(14)7-8)16-22(19,20)10-4-2-9(3-5-10)21(15,17)18/h1-7,16H,(H2,15,17,18). The lowest BCUT2D eigenvalue weighted by Crippen LogP contribution is -2.15. The molecule has 0 atom stereocenters. The Balaban J connectivity index is 2.34. The van der Waals surface area contributed by atoms with E-state index in [4.69, 9.17) is 16.7 Å². The van der Waals surface area contributed by atoms with Gasteiger partial charge in [-0.3, -0.25) is 4.72 Å². The lowest BCUT2D eigenvalue weighted by Gasteiger charge is -2.09. The van der Waals surface area contributed by atoms with Crippen LogP contribution in [0.15, 0.2) is 52.3 Å². The molecule has 10 heteroatoms. The van der Waals surface area contributed by atoms with Crippen molar-refractivity contribution in [2.75, 3.05) is 4.72 Å². The average Bonchev–Trinajstić information content (AvgIpc) is 2.41. The highest BCUT2D eigenvalue weighted by molar-refractivity contribution is 7.92. The summed E-state index contributed by atoms with van der Waals surface area (Å²) in [6.07, 6.45) is 0. The smallest absolute Gasteiger partial charge is 0.261 e. The summed E-state index contributed by atoms with van der Waals surface area (Å²) in [6, 6.07) is 7.65. The zero-order chi connectivity index (χ0) is 16.5. The van der Waals surface area contributed by atoms with Crippen molar-refractivity contribution in [3.8, 4) is 0 Å². The molecule has 0 amide bonds. The maximum absolute atomic E-state index is 13.6. The zero-order valence-electron chi connectivity index (χ0n) is 10.8. The SMILES string of the molecule is NS(=O)(=O)c1ccc(S(=O)(=O)Nc2ccc(Cl)cc2F)cc1. The number of anilines is 1. The Morgan fingerprint density at radius 2 is 1.50 bits per heavy atom. The Labute approximate surface area is 131 Å². The summed E-state index contributed by atoms with van der Waals surface area (Å²) >= 11 is 5.58. The first kappa shape index (κ1) is 16.7. The van der Waals surface area contributed by atoms with E-state index in [9.17, 15) is 21.2 Å². The summed E-state index contributed by atoms with van der Waals surface area (Å²) in [5.41, 5.74) is -0.278. The van der Waals surface area contributed by atoms with Gasteiger partial charge in [0.05, 0.1) is 15.5 Å². The third-order valence-electron chi connectivity index (χ3n) is 2.64. The minimum atomic E-state index is -4.08. The van der Waals surface area contributed by atoms with Gasteiger partial charge < -0.3 is 0 Å². The molecule has 22 heavy (non-hydrogen) atoms. The number of hydrogen-bond acceptors (Lipinski definition) is 4. The molecule has 0 aliphatic carbocycles. The molecule has 0 saturated heterocycles. The lowest BCUT2D eigenvalue weighted by molar-refractivity contribution is 0.594. The topological polar surface area (TPSA) is 106 Å². The Morgan fingerprint density at radius 3 is 2.00 bits per heavy atom. The van der Waals surface area contributed by atoms with Crippen LogP contribution >= 0.6 is 11.6 Å². The summed E-state index contributed by atoms with van der Waals surface area (Å²) in [6.45, 7) is 0. The second-order valence-corrected chi connectivity index (χ2v) is 7.93. The molecule has 0 spiro atoms. The van der Waals surface area contributed by atoms with Gasteiger partial charge >= 0.3 is 0 Å². The number of nitrogens with two attached hydrogens (primary N) is 1. The van der Waals surface area contributed by atoms with Crippen molar-refractivity contribution in [2.45, 2.75) is 9.79 Å². The Morgan fingerprint density at radius 1 is 0.955 bits per heavy atom. The first-order valence-electron chi connectivity index (χ1n) is 5.70. The summed E-state index contributed by atoms with van der Waals surface area (Å²) in [5.74, 6) is -0.836. The van der Waals surface area contributed by atoms with Crippen LogP contribution in [0.25, 0.3) is 0 Å². The summed E-state index contributed by atoms with van der Waals surface area (Å²) < 4.78 is 62.1. The largest absolute Gasteiger partial charge is 0.277 e. The maximum Gasteiger partial charge on any atom is 0.261 e. The molecule has 0 bridgehead atoms. The fourth-order valence-electron chi connectivity index (χ4n) is 1.58. The van der Waals surface area contributed by atoms with E-state index in [-0.39, 0.29) is 20.5 Å². The van der Waals surface area contributed by atoms with E-state index in [1.165, 1.54) is 12.1 Å². The molecule has 0 saturated carbocycles. The Bertz CT molecular complexity index is 913. The molecule has 0 aromatic heterocycles. The molecule has 0 fully saturated rings. The number of sulfonamides is 2. The van der Waals surface area contributed by atoms with Gasteiger partial charge in [-0.1, -0.05) is 11.6 Å². The van der Waals surface area contributed by atoms with Crippen LogP contribution in [0, 0.1) is 5.82 Å². The van der Waals surface area contributed by atoms with E-state index < -0.39 is 25.9 Å². The number of rotatable bonds is 4. The predicted octanol–water partition coefficient (Wildman–Crippen LogP) is 1.93. The molecule has 3 N–H and O–H groups in total. The second-order valence-electron chi connectivity index (χ2n) is 4.25. The van der Waals surface area contributed by atoms with E-state index in [0.29, 0.717) is 0 Å². The third kappa shape index (κ3) is 3.74. The minimum Gasteiger partial charge on any atom is -0.277 e. The normalized spacial score (nSPS) is 12.1. The molecule has 2 rings (SSSR count). The molecule has 0 heterocycles. The van der Waals surface area contributed by atoms with Gasteiger partial charge in [0.1, 0.15) is 5.82 Å². The van der Waals surface area contributed by atoms with Gasteiger partial charge in [-0.25, -0.2) is 26.4 Å². The van der Waals surface area contributed by atoms with Crippen LogP contribution in [0.2, 0.25) is 5.02 Å². The second kappa shape index (κ2) is 5.84.